The molecule has 0 saturated heterocycles. The van der Waals surface area contributed by atoms with Gasteiger partial charge in [0.05, 0.1) is 41.3 Å². The fourth-order valence-corrected chi connectivity index (χ4v) is 8.93. The van der Waals surface area contributed by atoms with Gasteiger partial charge >= 0.3 is 11.9 Å². The largest absolute Gasteiger partial charge is 0.466 e. The van der Waals surface area contributed by atoms with E-state index in [4.69, 9.17) is 14.5 Å². The second-order valence-corrected chi connectivity index (χ2v) is 14.6. The highest BCUT2D eigenvalue weighted by atomic mass is 32.2. The lowest BCUT2D eigenvalue weighted by atomic mass is 9.77. The highest BCUT2D eigenvalue weighted by molar-refractivity contribution is 7.90. The number of carbonyl (C=O) groups excluding carboxylic acids is 2. The highest BCUT2D eigenvalue weighted by Crippen LogP contribution is 2.49. The van der Waals surface area contributed by atoms with Gasteiger partial charge in [0, 0.05) is 0 Å². The molecule has 2 aromatic rings. The third-order valence-corrected chi connectivity index (χ3v) is 11.5. The Balaban J connectivity index is 1.85. The summed E-state index contributed by atoms with van der Waals surface area (Å²) in [6.07, 6.45) is 6.90. The van der Waals surface area contributed by atoms with Crippen molar-refractivity contribution in [2.24, 2.45) is 9.39 Å². The van der Waals surface area contributed by atoms with E-state index in [2.05, 4.69) is 4.40 Å². The molecule has 13 heteroatoms. The van der Waals surface area contributed by atoms with Gasteiger partial charge in [-0.2, -0.15) is 12.8 Å². The van der Waals surface area contributed by atoms with Gasteiger partial charge in [-0.25, -0.2) is 22.3 Å². The molecule has 1 spiro atoms. The molecule has 1 atom stereocenters. The van der Waals surface area contributed by atoms with Gasteiger partial charge in [0.1, 0.15) is 11.1 Å². The Hall–Kier alpha value is -4.36. The van der Waals surface area contributed by atoms with Crippen LogP contribution in [0.2, 0.25) is 0 Å². The summed E-state index contributed by atoms with van der Waals surface area (Å²) in [7, 11) is -6.45. The van der Waals surface area contributed by atoms with Crippen molar-refractivity contribution in [2.75, 3.05) is 14.2 Å². The second kappa shape index (κ2) is 12.8. The molecule has 0 N–H and O–H groups in total. The normalized spacial score (nSPS) is 22.7. The van der Waals surface area contributed by atoms with E-state index in [0.717, 1.165) is 37.8 Å². The smallest absolute Gasteiger partial charge is 0.342 e. The van der Waals surface area contributed by atoms with Gasteiger partial charge in [0.2, 0.25) is 0 Å². The van der Waals surface area contributed by atoms with Crippen LogP contribution in [0.3, 0.4) is 0 Å². The Morgan fingerprint density at radius 2 is 1.39 bits per heavy atom. The van der Waals surface area contributed by atoms with Gasteiger partial charge in [0.15, 0.2) is 5.84 Å². The van der Waals surface area contributed by atoms with Crippen molar-refractivity contribution in [3.63, 3.8) is 0 Å². The van der Waals surface area contributed by atoms with Crippen molar-refractivity contribution >= 4 is 43.5 Å². The van der Waals surface area contributed by atoms with Crippen molar-refractivity contribution in [2.45, 2.75) is 67.3 Å². The quantitative estimate of drug-likeness (QED) is 0.392. The Kier molecular flexibility index (Phi) is 9.19. The molecule has 0 amide bonds. The molecule has 46 heavy (non-hydrogen) atoms. The monoisotopic (exact) mass is 665 g/mol. The van der Waals surface area contributed by atoms with Crippen LogP contribution in [0.1, 0.15) is 46.0 Å². The molecule has 0 bridgehead atoms. The number of amidine groups is 1. The number of allylic oxidation sites excluding steroid dienone is 2. The first-order valence-electron chi connectivity index (χ1n) is 14.8. The van der Waals surface area contributed by atoms with Crippen molar-refractivity contribution in [1.29, 1.82) is 0 Å². The summed E-state index contributed by atoms with van der Waals surface area (Å²) in [5, 5.41) is 0. The third kappa shape index (κ3) is 5.73. The van der Waals surface area contributed by atoms with Crippen molar-refractivity contribution in [3.8, 4) is 0 Å². The maximum atomic E-state index is 14.8. The minimum absolute atomic E-state index is 0.0270. The first kappa shape index (κ1) is 33.0. The van der Waals surface area contributed by atoms with Crippen molar-refractivity contribution in [1.82, 2.24) is 4.31 Å². The van der Waals surface area contributed by atoms with E-state index in [-0.39, 0.29) is 49.7 Å². The summed E-state index contributed by atoms with van der Waals surface area (Å²) < 4.78 is 71.3. The predicted octanol–water partition coefficient (Wildman–Crippen LogP) is 4.54. The van der Waals surface area contributed by atoms with E-state index in [1.807, 2.05) is 0 Å². The maximum absolute atomic E-state index is 14.8. The summed E-state index contributed by atoms with van der Waals surface area (Å²) in [5.74, 6) is -2.18. The SMILES string of the molecule is COC(=O)C1=C(C(=O)OC)C2(C=C(C)/C(=N\S(=O)(=O)c3ccccc3)C=C2C)N(S(=O)(=O)c2ccccc2)C1=NC1CCCCC1. The fourth-order valence-electron chi connectivity index (χ4n) is 6.12. The predicted molar refractivity (Wildman–Crippen MR) is 172 cm³/mol. The Bertz CT molecular complexity index is 1920. The molecule has 0 aromatic heterocycles. The zero-order chi connectivity index (χ0) is 33.3. The van der Waals surface area contributed by atoms with E-state index in [9.17, 15) is 26.4 Å². The lowest BCUT2D eigenvalue weighted by Crippen LogP contribution is -2.53. The van der Waals surface area contributed by atoms with Crippen molar-refractivity contribution < 1.29 is 35.9 Å². The summed E-state index contributed by atoms with van der Waals surface area (Å²) in [4.78, 5) is 32.1. The number of hydrogen-bond acceptors (Lipinski definition) is 9. The van der Waals surface area contributed by atoms with Crippen LogP contribution in [-0.4, -0.2) is 70.4 Å². The average Bonchev–Trinajstić information content (AvgIpc) is 3.34. The van der Waals surface area contributed by atoms with E-state index < -0.39 is 37.5 Å². The van der Waals surface area contributed by atoms with Crippen LogP contribution < -0.4 is 0 Å². The molecule has 1 saturated carbocycles. The summed E-state index contributed by atoms with van der Waals surface area (Å²) in [5.41, 5.74) is -2.16. The summed E-state index contributed by atoms with van der Waals surface area (Å²) >= 11 is 0. The number of carbonyl (C=O) groups is 2. The number of methoxy groups -OCH3 is 2. The number of benzene rings is 2. The molecule has 5 rings (SSSR count). The van der Waals surface area contributed by atoms with Crippen LogP contribution in [0.25, 0.3) is 0 Å². The fraction of sp³-hybridized carbons (Fsp3) is 0.333. The topological polar surface area (TPSA) is 149 Å². The standard InChI is InChI=1S/C33H35N3O8S2/c1-22-21-33(23(2)20-27(22)35-45(39,40)25-16-10-6-11-17-25)29(32(38)44-4)28(31(37)43-3)30(34-24-14-8-5-9-15-24)36(33)46(41,42)26-18-12-7-13-19-26/h6-7,10-13,16-21,24H,5,8-9,14-15H2,1-4H3/b34-30?,35-27-. The molecule has 3 aliphatic rings. The van der Waals surface area contributed by atoms with Gasteiger partial charge in [-0.15, -0.1) is 0 Å². The molecule has 242 valence electrons. The zero-order valence-corrected chi connectivity index (χ0v) is 27.6. The first-order chi connectivity index (χ1) is 21.9. The van der Waals surface area contributed by atoms with Gasteiger partial charge in [-0.3, -0.25) is 4.99 Å². The minimum Gasteiger partial charge on any atom is -0.466 e. The molecule has 0 radical (unpaired) electrons. The van der Waals surface area contributed by atoms with Crippen LogP contribution in [0.5, 0.6) is 0 Å². The maximum Gasteiger partial charge on any atom is 0.342 e. The Morgan fingerprint density at radius 3 is 1.96 bits per heavy atom. The number of aliphatic imine (C=N–C) groups is 1. The summed E-state index contributed by atoms with van der Waals surface area (Å²) in [6, 6.07) is 15.0. The van der Waals surface area contributed by atoms with Crippen LogP contribution in [0.4, 0.5) is 0 Å². The number of esters is 2. The lowest BCUT2D eigenvalue weighted by Gasteiger charge is -2.41. The number of sulfonamides is 2. The van der Waals surface area contributed by atoms with Gasteiger partial charge < -0.3 is 9.47 Å². The lowest BCUT2D eigenvalue weighted by molar-refractivity contribution is -0.139. The number of nitrogens with zero attached hydrogens (tertiary/aromatic N) is 3. The molecule has 1 unspecified atom stereocenters. The van der Waals surface area contributed by atoms with Gasteiger partial charge in [-0.1, -0.05) is 55.7 Å². The third-order valence-electron chi connectivity index (χ3n) is 8.35. The van der Waals surface area contributed by atoms with Gasteiger partial charge in [-0.05, 0) is 74.3 Å². The number of rotatable bonds is 7. The number of ether oxygens (including phenoxy) is 2. The van der Waals surface area contributed by atoms with Crippen LogP contribution in [-0.2, 0) is 39.1 Å². The van der Waals surface area contributed by atoms with E-state index in [1.165, 1.54) is 36.4 Å². The van der Waals surface area contributed by atoms with Crippen LogP contribution in [0, 0.1) is 0 Å². The van der Waals surface area contributed by atoms with Gasteiger partial charge in [0.25, 0.3) is 20.0 Å². The summed E-state index contributed by atoms with van der Waals surface area (Å²) in [6.45, 7) is 3.10. The van der Waals surface area contributed by atoms with Crippen LogP contribution >= 0.6 is 0 Å². The Morgan fingerprint density at radius 1 is 0.826 bits per heavy atom. The molecule has 2 aliphatic carbocycles. The van der Waals surface area contributed by atoms with Crippen molar-refractivity contribution in [3.05, 3.63) is 95.1 Å². The van der Waals surface area contributed by atoms with E-state index >= 15 is 0 Å². The zero-order valence-electron chi connectivity index (χ0n) is 26.0. The van der Waals surface area contributed by atoms with Crippen LogP contribution in [0.15, 0.2) is 114 Å². The van der Waals surface area contributed by atoms with E-state index in [0.29, 0.717) is 12.8 Å². The minimum atomic E-state index is -4.55. The van der Waals surface area contributed by atoms with E-state index in [1.54, 1.807) is 50.2 Å². The highest BCUT2D eigenvalue weighted by Gasteiger charge is 2.61. The molecule has 11 nitrogen and oxygen atoms in total. The first-order valence-corrected chi connectivity index (χ1v) is 17.6. The Labute approximate surface area is 269 Å². The average molecular weight is 666 g/mol. The number of hydrogen-bond donors (Lipinski definition) is 0. The molecule has 1 aliphatic heterocycles. The molecular weight excluding hydrogens is 631 g/mol. The molecule has 2 aromatic carbocycles. The molecule has 1 fully saturated rings. The second-order valence-electron chi connectivity index (χ2n) is 11.2. The molecular formula is C33H35N3O8S2. The molecule has 1 heterocycles.